The third-order valence-corrected chi connectivity index (χ3v) is 4.13. The van der Waals surface area contributed by atoms with Gasteiger partial charge in [0.05, 0.1) is 52.9 Å². The predicted molar refractivity (Wildman–Crippen MR) is 144 cm³/mol. The Morgan fingerprint density at radius 3 is 0.886 bits per heavy atom. The van der Waals surface area contributed by atoms with E-state index >= 15 is 0 Å². The minimum atomic E-state index is 0.494. The van der Waals surface area contributed by atoms with Crippen LogP contribution in [0.2, 0.25) is 0 Å². The highest BCUT2D eigenvalue weighted by atomic mass is 16.6. The van der Waals surface area contributed by atoms with Gasteiger partial charge < -0.3 is 33.2 Å². The van der Waals surface area contributed by atoms with Crippen LogP contribution in [0.15, 0.2) is 24.3 Å². The van der Waals surface area contributed by atoms with Gasteiger partial charge in [0.2, 0.25) is 0 Å². The maximum Gasteiger partial charge on any atom is 0.119 e. The van der Waals surface area contributed by atoms with E-state index in [4.69, 9.17) is 33.2 Å². The van der Waals surface area contributed by atoms with Crippen LogP contribution in [0.3, 0.4) is 0 Å². The molecule has 0 unspecified atom stereocenters. The fourth-order valence-corrected chi connectivity index (χ4v) is 2.22. The lowest BCUT2D eigenvalue weighted by atomic mass is 10.3. The van der Waals surface area contributed by atoms with Crippen LogP contribution in [0.4, 0.5) is 0 Å². The van der Waals surface area contributed by atoms with Gasteiger partial charge in [-0.2, -0.15) is 0 Å². The highest BCUT2D eigenvalue weighted by Gasteiger charge is 1.98. The summed E-state index contributed by atoms with van der Waals surface area (Å²) in [7, 11) is 0. The summed E-state index contributed by atoms with van der Waals surface area (Å²) in [4.78, 5) is 0. The number of hydrogen-bond acceptors (Lipinski definition) is 7. The summed E-state index contributed by atoms with van der Waals surface area (Å²) in [5.41, 5.74) is 0. The zero-order chi connectivity index (χ0) is 26.2. The van der Waals surface area contributed by atoms with Crippen molar-refractivity contribution < 1.29 is 33.2 Å². The highest BCUT2D eigenvalue weighted by molar-refractivity contribution is 5.31. The maximum absolute atomic E-state index is 5.64. The molecule has 0 atom stereocenters. The van der Waals surface area contributed by atoms with E-state index in [1.54, 1.807) is 0 Å². The Morgan fingerprint density at radius 2 is 0.629 bits per heavy atom. The standard InChI is InChI=1S/C22H38O7.C4H10.C2H6/c1-3-9-23-11-13-25-15-16-27-18-20-29-22-7-5-21(6-8-22)28-19-17-26-14-12-24-10-4-2;1-3-4-2;1-2/h5-8H,3-4,9-20H2,1-2H3;3-4H2,1-2H3;1-2H3. The van der Waals surface area contributed by atoms with Gasteiger partial charge in [0.15, 0.2) is 0 Å². The normalized spacial score (nSPS) is 10.1. The first-order valence-electron chi connectivity index (χ1n) is 13.5. The van der Waals surface area contributed by atoms with Crippen molar-refractivity contribution in [2.24, 2.45) is 0 Å². The first kappa shape index (κ1) is 35.8. The summed E-state index contributed by atoms with van der Waals surface area (Å²) in [5.74, 6) is 1.58. The van der Waals surface area contributed by atoms with Crippen molar-refractivity contribution in [3.8, 4) is 11.5 Å². The van der Waals surface area contributed by atoms with E-state index in [1.165, 1.54) is 12.8 Å². The molecule has 0 saturated carbocycles. The molecule has 1 aromatic carbocycles. The third kappa shape index (κ3) is 28.7. The zero-order valence-electron chi connectivity index (χ0n) is 23.5. The minimum absolute atomic E-state index is 0.494. The van der Waals surface area contributed by atoms with Crippen LogP contribution >= 0.6 is 0 Å². The second-order valence-corrected chi connectivity index (χ2v) is 7.23. The molecule has 7 heteroatoms. The zero-order valence-corrected chi connectivity index (χ0v) is 23.5. The van der Waals surface area contributed by atoms with Gasteiger partial charge in [0, 0.05) is 13.2 Å². The third-order valence-electron chi connectivity index (χ3n) is 4.13. The van der Waals surface area contributed by atoms with Crippen molar-refractivity contribution in [3.63, 3.8) is 0 Å². The van der Waals surface area contributed by atoms with E-state index in [1.807, 2.05) is 38.1 Å². The van der Waals surface area contributed by atoms with Crippen molar-refractivity contribution >= 4 is 0 Å². The van der Waals surface area contributed by atoms with E-state index in [2.05, 4.69) is 27.7 Å². The summed E-state index contributed by atoms with van der Waals surface area (Å²) < 4.78 is 38.3. The van der Waals surface area contributed by atoms with Gasteiger partial charge in [-0.15, -0.1) is 0 Å². The number of ether oxygens (including phenoxy) is 7. The molecule has 0 aliphatic heterocycles. The molecule has 0 aliphatic carbocycles. The van der Waals surface area contributed by atoms with Gasteiger partial charge in [-0.3, -0.25) is 0 Å². The molecule has 0 amide bonds. The van der Waals surface area contributed by atoms with Crippen LogP contribution < -0.4 is 9.47 Å². The summed E-state index contributed by atoms with van der Waals surface area (Å²) in [6.45, 7) is 19.8. The van der Waals surface area contributed by atoms with Gasteiger partial charge >= 0.3 is 0 Å². The Bertz CT molecular complexity index is 481. The van der Waals surface area contributed by atoms with Gasteiger partial charge in [0.1, 0.15) is 24.7 Å². The van der Waals surface area contributed by atoms with E-state index in [0.29, 0.717) is 66.1 Å². The number of hydrogen-bond donors (Lipinski definition) is 0. The van der Waals surface area contributed by atoms with Crippen molar-refractivity contribution in [2.75, 3.05) is 79.3 Å². The van der Waals surface area contributed by atoms with Gasteiger partial charge in [0.25, 0.3) is 0 Å². The van der Waals surface area contributed by atoms with Crippen LogP contribution in [0.25, 0.3) is 0 Å². The van der Waals surface area contributed by atoms with Gasteiger partial charge in [-0.25, -0.2) is 0 Å². The molecule has 35 heavy (non-hydrogen) atoms. The fraction of sp³-hybridized carbons (Fsp3) is 0.786. The van der Waals surface area contributed by atoms with Crippen molar-refractivity contribution in [3.05, 3.63) is 24.3 Å². The van der Waals surface area contributed by atoms with E-state index in [0.717, 1.165) is 37.6 Å². The molecule has 0 heterocycles. The fourth-order valence-electron chi connectivity index (χ4n) is 2.22. The second-order valence-electron chi connectivity index (χ2n) is 7.23. The molecule has 1 aromatic rings. The van der Waals surface area contributed by atoms with Crippen LogP contribution in [0.5, 0.6) is 11.5 Å². The van der Waals surface area contributed by atoms with Crippen molar-refractivity contribution in [2.45, 2.75) is 67.2 Å². The van der Waals surface area contributed by atoms with Crippen LogP contribution in [-0.4, -0.2) is 79.3 Å². The SMILES string of the molecule is CC.CCCC.CCCOCCOCCOCCOc1ccc(OCCOCCOCCC)cc1. The number of benzene rings is 1. The molecule has 0 saturated heterocycles. The smallest absolute Gasteiger partial charge is 0.119 e. The molecule has 0 aromatic heterocycles. The highest BCUT2D eigenvalue weighted by Crippen LogP contribution is 2.17. The number of unbranched alkanes of at least 4 members (excludes halogenated alkanes) is 1. The van der Waals surface area contributed by atoms with Crippen molar-refractivity contribution in [1.82, 2.24) is 0 Å². The Balaban J connectivity index is 0. The van der Waals surface area contributed by atoms with Gasteiger partial charge in [-0.1, -0.05) is 54.4 Å². The number of rotatable bonds is 22. The lowest BCUT2D eigenvalue weighted by Crippen LogP contribution is -2.13. The summed E-state index contributed by atoms with van der Waals surface area (Å²) >= 11 is 0. The molecule has 0 spiro atoms. The monoisotopic (exact) mass is 502 g/mol. The van der Waals surface area contributed by atoms with Crippen molar-refractivity contribution in [1.29, 1.82) is 0 Å². The van der Waals surface area contributed by atoms with Crippen LogP contribution in [0, 0.1) is 0 Å². The molecule has 1 rings (SSSR count). The molecule has 0 fully saturated rings. The lowest BCUT2D eigenvalue weighted by Gasteiger charge is -2.10. The Kier molecular flexibility index (Phi) is 33.3. The first-order valence-corrected chi connectivity index (χ1v) is 13.5. The van der Waals surface area contributed by atoms with Crippen LogP contribution in [0.1, 0.15) is 67.2 Å². The Morgan fingerprint density at radius 1 is 0.371 bits per heavy atom. The topological polar surface area (TPSA) is 64.6 Å². The lowest BCUT2D eigenvalue weighted by molar-refractivity contribution is 0.00945. The van der Waals surface area contributed by atoms with Gasteiger partial charge in [-0.05, 0) is 37.1 Å². The van der Waals surface area contributed by atoms with E-state index in [9.17, 15) is 0 Å². The molecule has 208 valence electrons. The predicted octanol–water partition coefficient (Wildman–Crippen LogP) is 6.18. The minimum Gasteiger partial charge on any atom is -0.491 e. The summed E-state index contributed by atoms with van der Waals surface area (Å²) in [5, 5.41) is 0. The molecule has 0 radical (unpaired) electrons. The molecule has 7 nitrogen and oxygen atoms in total. The second kappa shape index (κ2) is 32.6. The molecular weight excluding hydrogens is 448 g/mol. The molecule has 0 N–H and O–H groups in total. The average molecular weight is 503 g/mol. The summed E-state index contributed by atoms with van der Waals surface area (Å²) in [6.07, 6.45) is 4.70. The Labute approximate surface area is 215 Å². The molecule has 0 bridgehead atoms. The average Bonchev–Trinajstić information content (AvgIpc) is 2.91. The summed E-state index contributed by atoms with van der Waals surface area (Å²) in [6, 6.07) is 7.53. The first-order chi connectivity index (χ1) is 17.3. The largest absolute Gasteiger partial charge is 0.491 e. The molecular formula is C28H54O7. The maximum atomic E-state index is 5.64. The van der Waals surface area contributed by atoms with E-state index in [-0.39, 0.29) is 0 Å². The van der Waals surface area contributed by atoms with E-state index < -0.39 is 0 Å². The molecule has 0 aliphatic rings. The quantitative estimate of drug-likeness (QED) is 0.175. The van der Waals surface area contributed by atoms with Crippen LogP contribution in [-0.2, 0) is 23.7 Å². The Hall–Kier alpha value is -1.38.